The molecule has 1 heterocycles. The van der Waals surface area contributed by atoms with Crippen LogP contribution >= 0.6 is 0 Å². The number of hydrogen-bond donors (Lipinski definition) is 2. The van der Waals surface area contributed by atoms with Crippen LogP contribution in [0.5, 0.6) is 0 Å². The summed E-state index contributed by atoms with van der Waals surface area (Å²) in [6.45, 7) is 2.25. The first-order chi connectivity index (χ1) is 9.70. The summed E-state index contributed by atoms with van der Waals surface area (Å²) in [5, 5.41) is 3.45. The van der Waals surface area contributed by atoms with Crippen molar-refractivity contribution in [3.05, 3.63) is 18.2 Å². The van der Waals surface area contributed by atoms with Gasteiger partial charge in [-0.25, -0.2) is 0 Å². The number of nitrogens with two attached hydrogens (primary N) is 1. The largest absolute Gasteiger partial charge is 0.423 e. The lowest BCUT2D eigenvalue weighted by atomic mass is 9.84. The molecule has 0 saturated heterocycles. The summed E-state index contributed by atoms with van der Waals surface area (Å²) in [7, 11) is 0. The van der Waals surface area contributed by atoms with Crippen LogP contribution in [0.1, 0.15) is 32.6 Å². The third kappa shape index (κ3) is 1.86. The normalized spacial score (nSPS) is 29.9. The number of nitrogens with one attached hydrogen (secondary N) is 1. The van der Waals surface area contributed by atoms with Gasteiger partial charge < -0.3 is 15.5 Å². The van der Waals surface area contributed by atoms with Crippen molar-refractivity contribution in [1.82, 2.24) is 4.98 Å². The van der Waals surface area contributed by atoms with E-state index in [2.05, 4.69) is 17.2 Å². The Kier molecular flexibility index (Phi) is 2.65. The molecule has 3 N–H and O–H groups in total. The Hall–Kier alpha value is -1.71. The SMILES string of the molecule is CC(Nc1nc2c(N)cccc2o1)C1CC2CCC1C2. The fraction of sp³-hybridized carbons (Fsp3) is 0.562. The quantitative estimate of drug-likeness (QED) is 0.836. The van der Waals surface area contributed by atoms with Crippen molar-refractivity contribution in [2.75, 3.05) is 11.1 Å². The number of nitrogen functional groups attached to an aromatic ring is 1. The molecular formula is C16H21N3O. The Balaban J connectivity index is 1.54. The molecule has 2 aromatic rings. The number of hydrogen-bond acceptors (Lipinski definition) is 4. The minimum absolute atomic E-state index is 0.416. The van der Waals surface area contributed by atoms with E-state index in [0.29, 0.717) is 17.7 Å². The average Bonchev–Trinajstić information content (AvgIpc) is 3.12. The molecule has 2 aliphatic rings. The number of fused-ring (bicyclic) bond motifs is 3. The summed E-state index contributed by atoms with van der Waals surface area (Å²) in [5.41, 5.74) is 8.11. The van der Waals surface area contributed by atoms with Crippen molar-refractivity contribution < 1.29 is 4.42 Å². The third-order valence-corrected chi connectivity index (χ3v) is 5.24. The number of aromatic nitrogens is 1. The number of oxazole rings is 1. The van der Waals surface area contributed by atoms with Crippen LogP contribution in [-0.4, -0.2) is 11.0 Å². The molecule has 2 saturated carbocycles. The molecule has 1 aromatic heterocycles. The summed E-state index contributed by atoms with van der Waals surface area (Å²) in [4.78, 5) is 4.48. The maximum absolute atomic E-state index is 5.92. The van der Waals surface area contributed by atoms with Crippen molar-refractivity contribution in [3.8, 4) is 0 Å². The van der Waals surface area contributed by atoms with E-state index in [-0.39, 0.29) is 0 Å². The highest BCUT2D eigenvalue weighted by Gasteiger charge is 2.42. The van der Waals surface area contributed by atoms with Crippen LogP contribution in [0, 0.1) is 17.8 Å². The van der Waals surface area contributed by atoms with E-state index in [0.717, 1.165) is 28.9 Å². The van der Waals surface area contributed by atoms with E-state index in [4.69, 9.17) is 10.2 Å². The van der Waals surface area contributed by atoms with Crippen LogP contribution < -0.4 is 11.1 Å². The molecule has 106 valence electrons. The predicted molar refractivity (Wildman–Crippen MR) is 80.4 cm³/mol. The molecule has 2 bridgehead atoms. The van der Waals surface area contributed by atoms with Gasteiger partial charge in [-0.3, -0.25) is 0 Å². The fourth-order valence-electron chi connectivity index (χ4n) is 4.24. The molecule has 0 radical (unpaired) electrons. The van der Waals surface area contributed by atoms with Gasteiger partial charge in [-0.15, -0.1) is 0 Å². The van der Waals surface area contributed by atoms with Crippen molar-refractivity contribution in [1.29, 1.82) is 0 Å². The standard InChI is InChI=1S/C16H21N3O/c1-9(12-8-10-5-6-11(12)7-10)18-16-19-15-13(17)3-2-4-14(15)20-16/h2-4,9-12H,5-8,17H2,1H3,(H,18,19). The Morgan fingerprint density at radius 3 is 2.95 bits per heavy atom. The third-order valence-electron chi connectivity index (χ3n) is 5.24. The lowest BCUT2D eigenvalue weighted by Crippen LogP contribution is -2.30. The monoisotopic (exact) mass is 271 g/mol. The summed E-state index contributed by atoms with van der Waals surface area (Å²) >= 11 is 0. The smallest absolute Gasteiger partial charge is 0.295 e. The minimum Gasteiger partial charge on any atom is -0.423 e. The summed E-state index contributed by atoms with van der Waals surface area (Å²) in [6, 6.07) is 6.68. The zero-order chi connectivity index (χ0) is 13.7. The van der Waals surface area contributed by atoms with Gasteiger partial charge in [0.05, 0.1) is 5.69 Å². The molecule has 1 aromatic carbocycles. The number of rotatable bonds is 3. The zero-order valence-electron chi connectivity index (χ0n) is 11.8. The maximum atomic E-state index is 5.92. The van der Waals surface area contributed by atoms with Crippen molar-refractivity contribution >= 4 is 22.8 Å². The Bertz CT molecular complexity index is 636. The van der Waals surface area contributed by atoms with Gasteiger partial charge in [-0.1, -0.05) is 12.5 Å². The highest BCUT2D eigenvalue weighted by molar-refractivity contribution is 5.86. The van der Waals surface area contributed by atoms with E-state index in [1.807, 2.05) is 18.2 Å². The first-order valence-corrected chi connectivity index (χ1v) is 7.62. The second kappa shape index (κ2) is 4.40. The van der Waals surface area contributed by atoms with E-state index in [1.165, 1.54) is 25.7 Å². The first kappa shape index (κ1) is 12.1. The first-order valence-electron chi connectivity index (χ1n) is 7.62. The number of para-hydroxylation sites is 1. The number of nitrogens with zero attached hydrogens (tertiary/aromatic N) is 1. The van der Waals surface area contributed by atoms with Gasteiger partial charge in [0.15, 0.2) is 5.58 Å². The highest BCUT2D eigenvalue weighted by Crippen LogP contribution is 2.49. The van der Waals surface area contributed by atoms with Crippen LogP contribution in [0.4, 0.5) is 11.7 Å². The van der Waals surface area contributed by atoms with Crippen molar-refractivity contribution in [2.45, 2.75) is 38.6 Å². The van der Waals surface area contributed by atoms with E-state index in [9.17, 15) is 0 Å². The zero-order valence-corrected chi connectivity index (χ0v) is 11.8. The van der Waals surface area contributed by atoms with Crippen LogP contribution in [0.3, 0.4) is 0 Å². The second-order valence-electron chi connectivity index (χ2n) is 6.48. The van der Waals surface area contributed by atoms with Gasteiger partial charge in [0.1, 0.15) is 5.52 Å². The molecule has 0 amide bonds. The second-order valence-corrected chi connectivity index (χ2v) is 6.48. The maximum Gasteiger partial charge on any atom is 0.295 e. The van der Waals surface area contributed by atoms with Crippen molar-refractivity contribution in [3.63, 3.8) is 0 Å². The molecule has 4 rings (SSSR count). The molecule has 4 atom stereocenters. The van der Waals surface area contributed by atoms with Crippen LogP contribution in [0.2, 0.25) is 0 Å². The summed E-state index contributed by atoms with van der Waals surface area (Å²) in [5.74, 6) is 2.63. The molecule has 2 fully saturated rings. The Morgan fingerprint density at radius 1 is 1.35 bits per heavy atom. The van der Waals surface area contributed by atoms with Gasteiger partial charge >= 0.3 is 0 Å². The highest BCUT2D eigenvalue weighted by atomic mass is 16.4. The molecule has 4 unspecified atom stereocenters. The van der Waals surface area contributed by atoms with E-state index < -0.39 is 0 Å². The van der Waals surface area contributed by atoms with Crippen LogP contribution in [0.25, 0.3) is 11.1 Å². The summed E-state index contributed by atoms with van der Waals surface area (Å²) < 4.78 is 5.76. The van der Waals surface area contributed by atoms with Gasteiger partial charge in [0.25, 0.3) is 6.01 Å². The van der Waals surface area contributed by atoms with Crippen molar-refractivity contribution in [2.24, 2.45) is 17.8 Å². The van der Waals surface area contributed by atoms with Gasteiger partial charge in [-0.05, 0) is 56.1 Å². The van der Waals surface area contributed by atoms with Gasteiger partial charge in [0, 0.05) is 6.04 Å². The number of anilines is 2. The summed E-state index contributed by atoms with van der Waals surface area (Å²) in [6.07, 6.45) is 5.63. The fourth-order valence-corrected chi connectivity index (χ4v) is 4.24. The predicted octanol–water partition coefficient (Wildman–Crippen LogP) is 3.65. The van der Waals surface area contributed by atoms with Gasteiger partial charge in [-0.2, -0.15) is 4.98 Å². The van der Waals surface area contributed by atoms with E-state index in [1.54, 1.807) is 0 Å². The molecule has 0 spiro atoms. The lowest BCUT2D eigenvalue weighted by Gasteiger charge is -2.27. The molecule has 0 aliphatic heterocycles. The van der Waals surface area contributed by atoms with Crippen LogP contribution in [-0.2, 0) is 0 Å². The lowest BCUT2D eigenvalue weighted by molar-refractivity contribution is 0.301. The molecule has 2 aliphatic carbocycles. The number of benzene rings is 1. The molecular weight excluding hydrogens is 250 g/mol. The Labute approximate surface area is 118 Å². The Morgan fingerprint density at radius 2 is 2.25 bits per heavy atom. The molecule has 20 heavy (non-hydrogen) atoms. The van der Waals surface area contributed by atoms with Crippen LogP contribution in [0.15, 0.2) is 22.6 Å². The van der Waals surface area contributed by atoms with Gasteiger partial charge in [0.2, 0.25) is 0 Å². The average molecular weight is 271 g/mol. The van der Waals surface area contributed by atoms with E-state index >= 15 is 0 Å². The topological polar surface area (TPSA) is 64.1 Å². The minimum atomic E-state index is 0.416. The molecule has 4 heteroatoms. The molecule has 4 nitrogen and oxygen atoms in total.